The number of nitrogens with zero attached hydrogens (tertiary/aromatic N) is 1. The molecule has 0 saturated carbocycles. The van der Waals surface area contributed by atoms with Crippen molar-refractivity contribution in [1.82, 2.24) is 4.98 Å². The van der Waals surface area contributed by atoms with Crippen molar-refractivity contribution < 1.29 is 19.4 Å². The van der Waals surface area contributed by atoms with Crippen LogP contribution >= 0.6 is 0 Å². The Hall–Kier alpha value is -2.56. The SMILES string of the molecule is COc1ccc(-c2ccnc(C(=O)O)c2)c(OC)c1. The summed E-state index contributed by atoms with van der Waals surface area (Å²) < 4.78 is 10.4. The zero-order valence-corrected chi connectivity index (χ0v) is 10.6. The Morgan fingerprint density at radius 2 is 1.95 bits per heavy atom. The summed E-state index contributed by atoms with van der Waals surface area (Å²) in [6.45, 7) is 0. The van der Waals surface area contributed by atoms with Gasteiger partial charge in [-0.25, -0.2) is 9.78 Å². The van der Waals surface area contributed by atoms with Gasteiger partial charge in [-0.1, -0.05) is 0 Å². The van der Waals surface area contributed by atoms with Gasteiger partial charge in [-0.05, 0) is 29.8 Å². The van der Waals surface area contributed by atoms with E-state index < -0.39 is 5.97 Å². The largest absolute Gasteiger partial charge is 0.497 e. The average Bonchev–Trinajstić information content (AvgIpc) is 2.46. The molecular formula is C14H13NO4. The van der Waals surface area contributed by atoms with Crippen LogP contribution in [-0.2, 0) is 0 Å². The van der Waals surface area contributed by atoms with Crippen LogP contribution in [0.1, 0.15) is 10.5 Å². The summed E-state index contributed by atoms with van der Waals surface area (Å²) in [6.07, 6.45) is 1.46. The topological polar surface area (TPSA) is 68.7 Å². The molecular weight excluding hydrogens is 246 g/mol. The molecule has 2 aromatic rings. The second kappa shape index (κ2) is 5.39. The van der Waals surface area contributed by atoms with E-state index in [2.05, 4.69) is 4.98 Å². The van der Waals surface area contributed by atoms with Crippen molar-refractivity contribution in [2.75, 3.05) is 14.2 Å². The molecule has 19 heavy (non-hydrogen) atoms. The Balaban J connectivity index is 2.52. The van der Waals surface area contributed by atoms with Crippen LogP contribution in [0.15, 0.2) is 36.5 Å². The number of aromatic carboxylic acids is 1. The minimum Gasteiger partial charge on any atom is -0.497 e. The van der Waals surface area contributed by atoms with Crippen LogP contribution in [0, 0.1) is 0 Å². The zero-order valence-electron chi connectivity index (χ0n) is 10.6. The molecule has 0 aliphatic rings. The minimum absolute atomic E-state index is 0.00429. The number of carboxylic acids is 1. The Bertz CT molecular complexity index is 610. The Kier molecular flexibility index (Phi) is 3.66. The minimum atomic E-state index is -1.06. The maximum atomic E-state index is 10.9. The molecule has 0 amide bonds. The van der Waals surface area contributed by atoms with Gasteiger partial charge in [0.25, 0.3) is 0 Å². The fraction of sp³-hybridized carbons (Fsp3) is 0.143. The number of methoxy groups -OCH3 is 2. The van der Waals surface area contributed by atoms with E-state index >= 15 is 0 Å². The van der Waals surface area contributed by atoms with Crippen LogP contribution < -0.4 is 9.47 Å². The molecule has 0 radical (unpaired) electrons. The van der Waals surface area contributed by atoms with Gasteiger partial charge in [0, 0.05) is 17.8 Å². The summed E-state index contributed by atoms with van der Waals surface area (Å²) in [5.41, 5.74) is 1.51. The Labute approximate surface area is 110 Å². The number of ether oxygens (including phenoxy) is 2. The van der Waals surface area contributed by atoms with Gasteiger partial charge in [-0.15, -0.1) is 0 Å². The van der Waals surface area contributed by atoms with Gasteiger partial charge in [0.2, 0.25) is 0 Å². The molecule has 0 aliphatic heterocycles. The van der Waals surface area contributed by atoms with Crippen molar-refractivity contribution in [3.05, 3.63) is 42.2 Å². The highest BCUT2D eigenvalue weighted by atomic mass is 16.5. The molecule has 0 aliphatic carbocycles. The van der Waals surface area contributed by atoms with Crippen molar-refractivity contribution in [1.29, 1.82) is 0 Å². The van der Waals surface area contributed by atoms with E-state index in [-0.39, 0.29) is 5.69 Å². The van der Waals surface area contributed by atoms with Crippen LogP contribution in [0.3, 0.4) is 0 Å². The molecule has 1 aromatic heterocycles. The van der Waals surface area contributed by atoms with E-state index in [0.717, 1.165) is 11.1 Å². The second-order valence-electron chi connectivity index (χ2n) is 3.80. The molecule has 1 heterocycles. The fourth-order valence-corrected chi connectivity index (χ4v) is 1.75. The van der Waals surface area contributed by atoms with Crippen molar-refractivity contribution in [2.24, 2.45) is 0 Å². The zero-order chi connectivity index (χ0) is 13.8. The summed E-state index contributed by atoms with van der Waals surface area (Å²) in [5.74, 6) is 0.226. The molecule has 0 atom stereocenters. The van der Waals surface area contributed by atoms with Gasteiger partial charge in [0.1, 0.15) is 17.2 Å². The lowest BCUT2D eigenvalue weighted by atomic mass is 10.0. The first-order chi connectivity index (χ1) is 9.15. The normalized spacial score (nSPS) is 10.0. The van der Waals surface area contributed by atoms with Crippen LogP contribution in [-0.4, -0.2) is 30.3 Å². The van der Waals surface area contributed by atoms with E-state index in [1.54, 1.807) is 32.4 Å². The number of pyridine rings is 1. The molecule has 1 aromatic carbocycles. The molecule has 0 saturated heterocycles. The van der Waals surface area contributed by atoms with E-state index in [1.807, 2.05) is 6.07 Å². The third kappa shape index (κ3) is 2.65. The number of hydrogen-bond acceptors (Lipinski definition) is 4. The number of rotatable bonds is 4. The molecule has 2 rings (SSSR count). The van der Waals surface area contributed by atoms with Crippen LogP contribution in [0.25, 0.3) is 11.1 Å². The molecule has 1 N–H and O–H groups in total. The second-order valence-corrected chi connectivity index (χ2v) is 3.80. The maximum absolute atomic E-state index is 10.9. The van der Waals surface area contributed by atoms with Gasteiger partial charge in [0.15, 0.2) is 0 Å². The van der Waals surface area contributed by atoms with Crippen molar-refractivity contribution in [3.63, 3.8) is 0 Å². The van der Waals surface area contributed by atoms with Gasteiger partial charge >= 0.3 is 5.97 Å². The quantitative estimate of drug-likeness (QED) is 0.913. The van der Waals surface area contributed by atoms with Crippen molar-refractivity contribution in [2.45, 2.75) is 0 Å². The van der Waals surface area contributed by atoms with E-state index in [4.69, 9.17) is 14.6 Å². The summed E-state index contributed by atoms with van der Waals surface area (Å²) in [4.78, 5) is 14.7. The Morgan fingerprint density at radius 3 is 2.58 bits per heavy atom. The third-order valence-electron chi connectivity index (χ3n) is 2.70. The first kappa shape index (κ1) is 12.9. The summed E-state index contributed by atoms with van der Waals surface area (Å²) in [6, 6.07) is 8.59. The predicted octanol–water partition coefficient (Wildman–Crippen LogP) is 2.46. The van der Waals surface area contributed by atoms with Gasteiger partial charge in [0.05, 0.1) is 14.2 Å². The van der Waals surface area contributed by atoms with Gasteiger partial charge in [-0.3, -0.25) is 0 Å². The summed E-state index contributed by atoms with van der Waals surface area (Å²) in [5, 5.41) is 8.95. The first-order valence-electron chi connectivity index (χ1n) is 5.57. The van der Waals surface area contributed by atoms with E-state index in [1.165, 1.54) is 12.3 Å². The smallest absolute Gasteiger partial charge is 0.354 e. The molecule has 5 nitrogen and oxygen atoms in total. The highest BCUT2D eigenvalue weighted by Crippen LogP contribution is 2.33. The van der Waals surface area contributed by atoms with Gasteiger partial charge in [-0.2, -0.15) is 0 Å². The number of hydrogen-bond donors (Lipinski definition) is 1. The van der Waals surface area contributed by atoms with Crippen molar-refractivity contribution >= 4 is 5.97 Å². The lowest BCUT2D eigenvalue weighted by Gasteiger charge is -2.10. The first-order valence-corrected chi connectivity index (χ1v) is 5.57. The average molecular weight is 259 g/mol. The van der Waals surface area contributed by atoms with Crippen LogP contribution in [0.5, 0.6) is 11.5 Å². The number of aromatic nitrogens is 1. The molecule has 0 fully saturated rings. The number of carboxylic acid groups (broad SMARTS) is 1. The van der Waals surface area contributed by atoms with Crippen LogP contribution in [0.2, 0.25) is 0 Å². The number of benzene rings is 1. The monoisotopic (exact) mass is 259 g/mol. The standard InChI is InChI=1S/C14H13NO4/c1-18-10-3-4-11(13(8-10)19-2)9-5-6-15-12(7-9)14(16)17/h3-8H,1-2H3,(H,16,17). The maximum Gasteiger partial charge on any atom is 0.354 e. The highest BCUT2D eigenvalue weighted by Gasteiger charge is 2.11. The van der Waals surface area contributed by atoms with E-state index in [9.17, 15) is 4.79 Å². The molecule has 0 spiro atoms. The summed E-state index contributed by atoms with van der Waals surface area (Å²) >= 11 is 0. The predicted molar refractivity (Wildman–Crippen MR) is 69.7 cm³/mol. The van der Waals surface area contributed by atoms with Crippen molar-refractivity contribution in [3.8, 4) is 22.6 Å². The van der Waals surface area contributed by atoms with Crippen LogP contribution in [0.4, 0.5) is 0 Å². The lowest BCUT2D eigenvalue weighted by Crippen LogP contribution is -2.00. The molecule has 0 unspecified atom stereocenters. The van der Waals surface area contributed by atoms with Gasteiger partial charge < -0.3 is 14.6 Å². The molecule has 98 valence electrons. The summed E-state index contributed by atoms with van der Waals surface area (Å²) in [7, 11) is 3.13. The fourth-order valence-electron chi connectivity index (χ4n) is 1.75. The molecule has 0 bridgehead atoms. The Morgan fingerprint density at radius 1 is 1.16 bits per heavy atom. The highest BCUT2D eigenvalue weighted by molar-refractivity contribution is 5.87. The molecule has 5 heteroatoms. The lowest BCUT2D eigenvalue weighted by molar-refractivity contribution is 0.0690. The third-order valence-corrected chi connectivity index (χ3v) is 2.70. The number of carbonyl (C=O) groups is 1. The van der Waals surface area contributed by atoms with E-state index in [0.29, 0.717) is 11.5 Å².